The van der Waals surface area contributed by atoms with Gasteiger partial charge >= 0.3 is 0 Å². The molecule has 7 heteroatoms. The zero-order valence-electron chi connectivity index (χ0n) is 8.50. The second-order valence-electron chi connectivity index (χ2n) is 2.94. The number of hydrogen-bond acceptors (Lipinski definition) is 4. The minimum atomic E-state index is -1.22. The highest BCUT2D eigenvalue weighted by molar-refractivity contribution is 7.85. The topological polar surface area (TPSA) is 43.4 Å². The maximum Gasteiger partial charge on any atom is 0.177 e. The minimum Gasteiger partial charge on any atom is -0.384 e. The van der Waals surface area contributed by atoms with Crippen molar-refractivity contribution >= 4 is 51.1 Å². The first-order valence-electron chi connectivity index (χ1n) is 4.36. The third kappa shape index (κ3) is 4.14. The molecule has 0 aliphatic rings. The molecule has 1 atom stereocenters. The molecule has 0 aliphatic carbocycles. The number of Topliss-reactive ketones (excluding diaryl/α,β-unsaturated/α-hetero) is 1. The summed E-state index contributed by atoms with van der Waals surface area (Å²) in [5.74, 6) is 0.0519. The third-order valence-electron chi connectivity index (χ3n) is 1.76. The largest absolute Gasteiger partial charge is 0.384 e. The summed E-state index contributed by atoms with van der Waals surface area (Å²) >= 11 is 12.7. The van der Waals surface area contributed by atoms with Crippen LogP contribution in [-0.4, -0.2) is 35.2 Å². The molecule has 0 saturated heterocycles. The highest BCUT2D eigenvalue weighted by Gasteiger charge is 2.16. The Morgan fingerprint density at radius 2 is 2.25 bits per heavy atom. The van der Waals surface area contributed by atoms with E-state index in [-0.39, 0.29) is 11.5 Å². The van der Waals surface area contributed by atoms with Gasteiger partial charge in [0.15, 0.2) is 5.78 Å². The number of carbonyl (C=O) groups is 1. The van der Waals surface area contributed by atoms with Gasteiger partial charge in [-0.1, -0.05) is 23.2 Å². The number of hydrogen-bond donors (Lipinski definition) is 0. The first-order valence-corrected chi connectivity index (χ1v) is 7.42. The van der Waals surface area contributed by atoms with Crippen LogP contribution in [0.2, 0.25) is 8.67 Å². The van der Waals surface area contributed by atoms with Crippen molar-refractivity contribution in [2.24, 2.45) is 0 Å². The summed E-state index contributed by atoms with van der Waals surface area (Å²) in [6.07, 6.45) is 0. The number of ketones is 1. The standard InChI is InChI=1S/C9H10Cl2O3S2/c1-14-2-3-16(13)5-7(12)6-4-8(10)15-9(6)11/h4H,2-3,5H2,1H3. The van der Waals surface area contributed by atoms with E-state index < -0.39 is 10.8 Å². The summed E-state index contributed by atoms with van der Waals surface area (Å²) in [5.41, 5.74) is 0.349. The molecule has 0 N–H and O–H groups in total. The Kier molecular flexibility index (Phi) is 5.92. The summed E-state index contributed by atoms with van der Waals surface area (Å²) in [7, 11) is 0.301. The molecule has 3 nitrogen and oxygen atoms in total. The Bertz CT molecular complexity index is 403. The highest BCUT2D eigenvalue weighted by Crippen LogP contribution is 2.31. The lowest BCUT2D eigenvalue weighted by Gasteiger charge is -2.00. The van der Waals surface area contributed by atoms with E-state index in [1.807, 2.05) is 0 Å². The molecule has 0 radical (unpaired) electrons. The van der Waals surface area contributed by atoms with Crippen molar-refractivity contribution in [3.05, 3.63) is 20.3 Å². The van der Waals surface area contributed by atoms with Gasteiger partial charge < -0.3 is 4.74 Å². The lowest BCUT2D eigenvalue weighted by molar-refractivity contribution is 0.102. The molecule has 0 amide bonds. The molecule has 1 heterocycles. The Morgan fingerprint density at radius 3 is 2.75 bits per heavy atom. The second kappa shape index (κ2) is 6.71. The maximum atomic E-state index is 11.7. The van der Waals surface area contributed by atoms with E-state index in [1.165, 1.54) is 13.2 Å². The summed E-state index contributed by atoms with van der Waals surface area (Å²) in [5, 5.41) is 0. The molecule has 0 aromatic carbocycles. The monoisotopic (exact) mass is 300 g/mol. The Hall–Kier alpha value is 0.0600. The zero-order valence-corrected chi connectivity index (χ0v) is 11.6. The fraction of sp³-hybridized carbons (Fsp3) is 0.444. The van der Waals surface area contributed by atoms with Crippen LogP contribution in [0, 0.1) is 0 Å². The summed E-state index contributed by atoms with van der Waals surface area (Å²) in [4.78, 5) is 11.7. The van der Waals surface area contributed by atoms with E-state index in [0.717, 1.165) is 11.3 Å². The quantitative estimate of drug-likeness (QED) is 0.759. The van der Waals surface area contributed by atoms with Gasteiger partial charge in [-0.2, -0.15) is 0 Å². The zero-order chi connectivity index (χ0) is 12.1. The van der Waals surface area contributed by atoms with Gasteiger partial charge in [-0.05, 0) is 6.07 Å². The van der Waals surface area contributed by atoms with E-state index in [1.54, 1.807) is 0 Å². The van der Waals surface area contributed by atoms with Gasteiger partial charge in [0.25, 0.3) is 0 Å². The number of ether oxygens (including phenoxy) is 1. The maximum absolute atomic E-state index is 11.7. The van der Waals surface area contributed by atoms with Gasteiger partial charge in [0.1, 0.15) is 4.34 Å². The fourth-order valence-corrected chi connectivity index (χ4v) is 3.45. The normalized spacial score (nSPS) is 12.7. The van der Waals surface area contributed by atoms with Crippen LogP contribution in [-0.2, 0) is 15.5 Å². The van der Waals surface area contributed by atoms with Crippen LogP contribution in [0.15, 0.2) is 6.07 Å². The second-order valence-corrected chi connectivity index (χ2v) is 6.80. The predicted octanol–water partition coefficient (Wildman–Crippen LogP) is 2.63. The van der Waals surface area contributed by atoms with Crippen molar-refractivity contribution in [1.82, 2.24) is 0 Å². The number of rotatable bonds is 6. The SMILES string of the molecule is COCCS(=O)CC(=O)c1cc(Cl)sc1Cl. The molecule has 1 unspecified atom stereocenters. The van der Waals surface area contributed by atoms with Crippen LogP contribution in [0.3, 0.4) is 0 Å². The van der Waals surface area contributed by atoms with Crippen molar-refractivity contribution in [3.63, 3.8) is 0 Å². The van der Waals surface area contributed by atoms with Crippen molar-refractivity contribution in [1.29, 1.82) is 0 Å². The molecule has 90 valence electrons. The molecule has 1 aromatic heterocycles. The molecule has 0 aliphatic heterocycles. The van der Waals surface area contributed by atoms with Gasteiger partial charge in [-0.25, -0.2) is 0 Å². The first kappa shape index (κ1) is 14.1. The fourth-order valence-electron chi connectivity index (χ4n) is 1.00. The molecule has 1 aromatic rings. The molecule has 16 heavy (non-hydrogen) atoms. The molecule has 0 spiro atoms. The number of thiophene rings is 1. The lowest BCUT2D eigenvalue weighted by atomic mass is 10.2. The van der Waals surface area contributed by atoms with E-state index in [9.17, 15) is 9.00 Å². The summed E-state index contributed by atoms with van der Waals surface area (Å²) < 4.78 is 17.0. The van der Waals surface area contributed by atoms with Crippen LogP contribution >= 0.6 is 34.5 Å². The number of carbonyl (C=O) groups excluding carboxylic acids is 1. The predicted molar refractivity (Wildman–Crippen MR) is 68.4 cm³/mol. The lowest BCUT2D eigenvalue weighted by Crippen LogP contribution is -2.15. The Balaban J connectivity index is 2.59. The van der Waals surface area contributed by atoms with Crippen molar-refractivity contribution < 1.29 is 13.7 Å². The van der Waals surface area contributed by atoms with Gasteiger partial charge in [-0.3, -0.25) is 9.00 Å². The van der Waals surface area contributed by atoms with Crippen LogP contribution in [0.25, 0.3) is 0 Å². The smallest absolute Gasteiger partial charge is 0.177 e. The molecule has 0 saturated carbocycles. The van der Waals surface area contributed by atoms with Crippen molar-refractivity contribution in [2.75, 3.05) is 25.2 Å². The molecular formula is C9H10Cl2O3S2. The van der Waals surface area contributed by atoms with E-state index in [4.69, 9.17) is 27.9 Å². The van der Waals surface area contributed by atoms with E-state index >= 15 is 0 Å². The Labute approximate surface area is 110 Å². The van der Waals surface area contributed by atoms with E-state index in [2.05, 4.69) is 0 Å². The van der Waals surface area contributed by atoms with Crippen LogP contribution in [0.5, 0.6) is 0 Å². The van der Waals surface area contributed by atoms with Crippen molar-refractivity contribution in [2.45, 2.75) is 0 Å². The average molecular weight is 301 g/mol. The van der Waals surface area contributed by atoms with Crippen LogP contribution < -0.4 is 0 Å². The van der Waals surface area contributed by atoms with Gasteiger partial charge in [0, 0.05) is 29.2 Å². The summed E-state index contributed by atoms with van der Waals surface area (Å²) in [6, 6.07) is 1.50. The first-order chi connectivity index (χ1) is 7.54. The van der Waals surface area contributed by atoms with Gasteiger partial charge in [0.05, 0.1) is 16.7 Å². The minimum absolute atomic E-state index is 0.0455. The van der Waals surface area contributed by atoms with Crippen molar-refractivity contribution in [3.8, 4) is 0 Å². The Morgan fingerprint density at radius 1 is 1.56 bits per heavy atom. The summed E-state index contributed by atoms with van der Waals surface area (Å²) in [6.45, 7) is 0.373. The van der Waals surface area contributed by atoms with Crippen LogP contribution in [0.4, 0.5) is 0 Å². The van der Waals surface area contributed by atoms with Crippen LogP contribution in [0.1, 0.15) is 10.4 Å². The average Bonchev–Trinajstić information content (AvgIpc) is 2.54. The number of methoxy groups -OCH3 is 1. The number of halogens is 2. The third-order valence-corrected chi connectivity index (χ3v) is 4.46. The highest BCUT2D eigenvalue weighted by atomic mass is 35.5. The molecular weight excluding hydrogens is 291 g/mol. The molecule has 0 bridgehead atoms. The van der Waals surface area contributed by atoms with Gasteiger partial charge in [-0.15, -0.1) is 11.3 Å². The molecule has 0 fully saturated rings. The molecule has 1 rings (SSSR count). The van der Waals surface area contributed by atoms with Gasteiger partial charge in [0.2, 0.25) is 0 Å². The van der Waals surface area contributed by atoms with E-state index in [0.29, 0.717) is 26.6 Å².